The van der Waals surface area contributed by atoms with E-state index in [0.717, 1.165) is 11.3 Å². The number of amides is 3. The van der Waals surface area contributed by atoms with E-state index in [0.29, 0.717) is 34.8 Å². The summed E-state index contributed by atoms with van der Waals surface area (Å²) in [6, 6.07) is 7.45. The maximum absolute atomic E-state index is 14.1. The first-order valence-electron chi connectivity index (χ1n) is 11.3. The van der Waals surface area contributed by atoms with E-state index in [2.05, 4.69) is 5.32 Å². The van der Waals surface area contributed by atoms with Crippen LogP contribution in [0.4, 0.5) is 17.1 Å². The van der Waals surface area contributed by atoms with E-state index in [-0.39, 0.29) is 29.1 Å². The number of carbonyl (C=O) groups excluding carboxylic acids is 3. The highest BCUT2D eigenvalue weighted by atomic mass is 35.5. The van der Waals surface area contributed by atoms with Gasteiger partial charge in [0.05, 0.1) is 29.6 Å². The Morgan fingerprint density at radius 2 is 1.97 bits per heavy atom. The van der Waals surface area contributed by atoms with Crippen molar-refractivity contribution < 1.29 is 24.0 Å². The van der Waals surface area contributed by atoms with Gasteiger partial charge in [-0.3, -0.25) is 29.4 Å². The van der Waals surface area contributed by atoms with E-state index in [1.807, 2.05) is 4.90 Å². The van der Waals surface area contributed by atoms with E-state index >= 15 is 0 Å². The fourth-order valence-corrected chi connectivity index (χ4v) is 6.79. The molecule has 0 aromatic heterocycles. The van der Waals surface area contributed by atoms with E-state index < -0.39 is 34.1 Å². The molecule has 1 N–H and O–H groups in total. The van der Waals surface area contributed by atoms with Crippen LogP contribution in [0, 0.1) is 28.9 Å². The van der Waals surface area contributed by atoms with Crippen molar-refractivity contribution in [2.45, 2.75) is 31.3 Å². The number of fused-ring (bicyclic) bond motifs is 7. The molecule has 2 aromatic rings. The van der Waals surface area contributed by atoms with Crippen LogP contribution in [-0.4, -0.2) is 47.2 Å². The number of ether oxygens (including phenoxy) is 1. The van der Waals surface area contributed by atoms with Crippen LogP contribution in [0.3, 0.4) is 0 Å². The summed E-state index contributed by atoms with van der Waals surface area (Å²) in [6.07, 6.45) is 1.48. The molecule has 4 heterocycles. The molecule has 4 aliphatic rings. The summed E-state index contributed by atoms with van der Waals surface area (Å²) in [5.74, 6) is -2.97. The summed E-state index contributed by atoms with van der Waals surface area (Å²) in [4.78, 5) is 55.6. The number of benzene rings is 2. The molecular weight excluding hydrogens is 476 g/mol. The van der Waals surface area contributed by atoms with Gasteiger partial charge in [-0.2, -0.15) is 0 Å². The molecule has 3 amide bonds. The molecule has 180 valence electrons. The highest BCUT2D eigenvalue weighted by Gasteiger charge is 2.74. The third kappa shape index (κ3) is 2.61. The Morgan fingerprint density at radius 3 is 2.69 bits per heavy atom. The second-order valence-corrected chi connectivity index (χ2v) is 9.83. The number of halogens is 1. The van der Waals surface area contributed by atoms with Gasteiger partial charge in [-0.1, -0.05) is 11.6 Å². The Morgan fingerprint density at radius 1 is 1.20 bits per heavy atom. The lowest BCUT2D eigenvalue weighted by Gasteiger charge is -2.36. The topological polar surface area (TPSA) is 122 Å². The van der Waals surface area contributed by atoms with Crippen molar-refractivity contribution in [3.05, 3.63) is 56.6 Å². The first-order chi connectivity index (χ1) is 16.7. The predicted octanol–water partition coefficient (Wildman–Crippen LogP) is 3.00. The van der Waals surface area contributed by atoms with E-state index in [9.17, 15) is 24.5 Å². The second kappa shape index (κ2) is 7.25. The zero-order valence-corrected chi connectivity index (χ0v) is 19.7. The molecule has 35 heavy (non-hydrogen) atoms. The largest absolute Gasteiger partial charge is 0.490 e. The Hall–Kier alpha value is -3.50. The lowest BCUT2D eigenvalue weighted by atomic mass is 9.75. The molecule has 4 atom stereocenters. The highest BCUT2D eigenvalue weighted by molar-refractivity contribution is 6.31. The molecule has 0 radical (unpaired) electrons. The summed E-state index contributed by atoms with van der Waals surface area (Å²) in [5, 5.41) is 14.8. The number of carbonyl (C=O) groups is 3. The number of methoxy groups -OCH3 is 1. The summed E-state index contributed by atoms with van der Waals surface area (Å²) in [6.45, 7) is 2.19. The zero-order valence-electron chi connectivity index (χ0n) is 18.9. The third-order valence-corrected chi connectivity index (χ3v) is 8.12. The van der Waals surface area contributed by atoms with E-state index in [4.69, 9.17) is 16.3 Å². The fraction of sp³-hybridized carbons (Fsp3) is 0.375. The molecule has 6 rings (SSSR count). The predicted molar refractivity (Wildman–Crippen MR) is 125 cm³/mol. The number of nitrogens with zero attached hydrogens (tertiary/aromatic N) is 3. The smallest absolute Gasteiger partial charge is 0.311 e. The Labute approximate surface area is 204 Å². The van der Waals surface area contributed by atoms with Crippen LogP contribution < -0.4 is 15.0 Å². The van der Waals surface area contributed by atoms with Crippen LogP contribution in [0.15, 0.2) is 30.3 Å². The molecule has 4 aliphatic heterocycles. The van der Waals surface area contributed by atoms with Crippen molar-refractivity contribution in [3.8, 4) is 5.75 Å². The van der Waals surface area contributed by atoms with Crippen LogP contribution in [0.1, 0.15) is 24.0 Å². The Balaban J connectivity index is 1.54. The number of rotatable bonds is 3. The van der Waals surface area contributed by atoms with Gasteiger partial charge in [-0.05, 0) is 50.1 Å². The number of hydrogen-bond donors (Lipinski definition) is 1. The van der Waals surface area contributed by atoms with E-state index in [1.165, 1.54) is 19.2 Å². The number of nitro groups is 1. The van der Waals surface area contributed by atoms with E-state index in [1.54, 1.807) is 25.1 Å². The number of imide groups is 1. The van der Waals surface area contributed by atoms with Crippen LogP contribution >= 0.6 is 11.6 Å². The summed E-state index contributed by atoms with van der Waals surface area (Å²) in [7, 11) is 1.29. The fourth-order valence-electron chi connectivity index (χ4n) is 6.62. The standard InChI is InChI=1S/C24H21ClN4O6/c1-11-8-17(29(33)34)18(35-2)10-16(11)28-21(30)19-15-4-3-7-27(15)24(20(19)22(28)31)13-9-12(25)5-6-14(13)26-23(24)32/h5-6,8-10,15,19-20H,3-4,7H2,1-2H3,(H,26,32). The van der Waals surface area contributed by atoms with Crippen LogP contribution in [-0.2, 0) is 19.9 Å². The molecule has 2 aromatic carbocycles. The van der Waals surface area contributed by atoms with Gasteiger partial charge in [-0.25, -0.2) is 4.90 Å². The zero-order chi connectivity index (χ0) is 24.8. The number of nitro benzene ring substituents is 1. The van der Waals surface area contributed by atoms with Crippen molar-refractivity contribution >= 4 is 46.4 Å². The molecule has 0 saturated carbocycles. The van der Waals surface area contributed by atoms with Crippen molar-refractivity contribution in [1.82, 2.24) is 4.90 Å². The quantitative estimate of drug-likeness (QED) is 0.393. The summed E-state index contributed by atoms with van der Waals surface area (Å²) >= 11 is 6.31. The van der Waals surface area contributed by atoms with Gasteiger partial charge < -0.3 is 10.1 Å². The SMILES string of the molecule is COc1cc(N2C(=O)C3C4CCCN4C4(C(=O)Nc5ccc(Cl)cc54)C3C2=O)c(C)cc1[N+](=O)[O-]. The van der Waals surface area contributed by atoms with Crippen LogP contribution in [0.25, 0.3) is 0 Å². The van der Waals surface area contributed by atoms with Crippen molar-refractivity contribution in [1.29, 1.82) is 0 Å². The van der Waals surface area contributed by atoms with Crippen molar-refractivity contribution in [2.75, 3.05) is 23.9 Å². The minimum absolute atomic E-state index is 0.0544. The van der Waals surface area contributed by atoms with Gasteiger partial charge in [-0.15, -0.1) is 0 Å². The molecule has 0 aliphatic carbocycles. The van der Waals surface area contributed by atoms with Gasteiger partial charge in [0.25, 0.3) is 0 Å². The molecule has 11 heteroatoms. The summed E-state index contributed by atoms with van der Waals surface area (Å²) < 4.78 is 5.19. The average Bonchev–Trinajstić information content (AvgIpc) is 3.52. The maximum atomic E-state index is 14.1. The number of hydrogen-bond acceptors (Lipinski definition) is 7. The van der Waals surface area contributed by atoms with Crippen molar-refractivity contribution in [2.24, 2.45) is 11.8 Å². The Kier molecular flexibility index (Phi) is 4.56. The molecule has 3 saturated heterocycles. The monoisotopic (exact) mass is 496 g/mol. The van der Waals surface area contributed by atoms with Crippen LogP contribution in [0.2, 0.25) is 5.02 Å². The lowest BCUT2D eigenvalue weighted by Crippen LogP contribution is -2.54. The normalized spacial score (nSPS) is 28.9. The number of aryl methyl sites for hydroxylation is 1. The molecule has 10 nitrogen and oxygen atoms in total. The van der Waals surface area contributed by atoms with Crippen LogP contribution in [0.5, 0.6) is 5.75 Å². The minimum atomic E-state index is -1.34. The second-order valence-electron chi connectivity index (χ2n) is 9.40. The molecule has 0 bridgehead atoms. The highest BCUT2D eigenvalue weighted by Crippen LogP contribution is 2.61. The van der Waals surface area contributed by atoms with Gasteiger partial charge >= 0.3 is 5.69 Å². The van der Waals surface area contributed by atoms with Gasteiger partial charge in [0.1, 0.15) is 5.54 Å². The summed E-state index contributed by atoms with van der Waals surface area (Å²) in [5.41, 5.74) is 0.196. The third-order valence-electron chi connectivity index (χ3n) is 7.89. The minimum Gasteiger partial charge on any atom is -0.490 e. The lowest BCUT2D eigenvalue weighted by molar-refractivity contribution is -0.385. The molecule has 3 fully saturated rings. The van der Waals surface area contributed by atoms with Gasteiger partial charge in [0.15, 0.2) is 5.75 Å². The Bertz CT molecular complexity index is 1360. The van der Waals surface area contributed by atoms with Gasteiger partial charge in [0.2, 0.25) is 17.7 Å². The first-order valence-corrected chi connectivity index (χ1v) is 11.7. The molecule has 1 spiro atoms. The maximum Gasteiger partial charge on any atom is 0.311 e. The number of nitrogens with one attached hydrogen (secondary N) is 1. The van der Waals surface area contributed by atoms with Crippen molar-refractivity contribution in [3.63, 3.8) is 0 Å². The molecule has 4 unspecified atom stereocenters. The first kappa shape index (κ1) is 22.0. The average molecular weight is 497 g/mol. The molecular formula is C24H21ClN4O6. The van der Waals surface area contributed by atoms with Gasteiger partial charge in [0, 0.05) is 34.4 Å². The number of anilines is 2.